The van der Waals surface area contributed by atoms with Gasteiger partial charge in [-0.25, -0.2) is 0 Å². The van der Waals surface area contributed by atoms with Gasteiger partial charge in [-0.15, -0.1) is 6.42 Å². The lowest BCUT2D eigenvalue weighted by molar-refractivity contribution is -0.127. The number of hydrogen-bond acceptors (Lipinski definition) is 3. The number of nitrogens with one attached hydrogen (secondary N) is 1. The van der Waals surface area contributed by atoms with Gasteiger partial charge in [-0.1, -0.05) is 5.92 Å². The van der Waals surface area contributed by atoms with Crippen molar-refractivity contribution in [3.8, 4) is 12.3 Å². The SMILES string of the molecule is C#CCNC(=O)C(C)N1CCC(N)CC1C. The highest BCUT2D eigenvalue weighted by Crippen LogP contribution is 2.18. The van der Waals surface area contributed by atoms with Crippen LogP contribution in [0.2, 0.25) is 0 Å². The molecule has 0 radical (unpaired) electrons. The molecule has 1 amide bonds. The van der Waals surface area contributed by atoms with Crippen LogP contribution in [0, 0.1) is 12.3 Å². The van der Waals surface area contributed by atoms with Gasteiger partial charge in [-0.2, -0.15) is 0 Å². The number of piperidine rings is 1. The van der Waals surface area contributed by atoms with Gasteiger partial charge in [0, 0.05) is 18.6 Å². The number of carbonyl (C=O) groups excluding carboxylic acids is 1. The average molecular weight is 223 g/mol. The number of rotatable bonds is 3. The lowest BCUT2D eigenvalue weighted by Crippen LogP contribution is -2.54. The van der Waals surface area contributed by atoms with Gasteiger partial charge in [-0.05, 0) is 26.7 Å². The quantitative estimate of drug-likeness (QED) is 0.659. The molecule has 3 N–H and O–H groups in total. The molecular formula is C12H21N3O. The summed E-state index contributed by atoms with van der Waals surface area (Å²) in [5, 5.41) is 2.71. The molecule has 1 rings (SSSR count). The van der Waals surface area contributed by atoms with Crippen LogP contribution in [0.25, 0.3) is 0 Å². The highest BCUT2D eigenvalue weighted by atomic mass is 16.2. The van der Waals surface area contributed by atoms with Crippen molar-refractivity contribution < 1.29 is 4.79 Å². The molecule has 3 atom stereocenters. The lowest BCUT2D eigenvalue weighted by atomic mass is 9.97. The maximum atomic E-state index is 11.7. The first-order valence-electron chi connectivity index (χ1n) is 5.78. The van der Waals surface area contributed by atoms with Gasteiger partial charge in [0.25, 0.3) is 0 Å². The predicted molar refractivity (Wildman–Crippen MR) is 64.7 cm³/mol. The molecule has 1 saturated heterocycles. The van der Waals surface area contributed by atoms with Gasteiger partial charge in [0.15, 0.2) is 0 Å². The van der Waals surface area contributed by atoms with Gasteiger partial charge in [0.05, 0.1) is 12.6 Å². The molecule has 1 heterocycles. The highest BCUT2D eigenvalue weighted by Gasteiger charge is 2.29. The topological polar surface area (TPSA) is 58.4 Å². The average Bonchev–Trinajstić information content (AvgIpc) is 2.25. The first kappa shape index (κ1) is 13.0. The molecule has 0 saturated carbocycles. The van der Waals surface area contributed by atoms with Crippen LogP contribution >= 0.6 is 0 Å². The Labute approximate surface area is 97.6 Å². The second-order valence-electron chi connectivity index (χ2n) is 4.47. The third kappa shape index (κ3) is 3.22. The Balaban J connectivity index is 2.50. The minimum Gasteiger partial charge on any atom is -0.344 e. The van der Waals surface area contributed by atoms with E-state index in [-0.39, 0.29) is 18.0 Å². The molecule has 0 aromatic rings. The van der Waals surface area contributed by atoms with Gasteiger partial charge >= 0.3 is 0 Å². The summed E-state index contributed by atoms with van der Waals surface area (Å²) in [7, 11) is 0. The van der Waals surface area contributed by atoms with E-state index in [1.165, 1.54) is 0 Å². The standard InChI is InChI=1S/C12H21N3O/c1-4-6-14-12(16)10(3)15-7-5-11(13)8-9(15)2/h1,9-11H,5-8,13H2,2-3H3,(H,14,16). The number of carbonyl (C=O) groups is 1. The number of terminal acetylenes is 1. The number of amides is 1. The molecular weight excluding hydrogens is 202 g/mol. The fourth-order valence-electron chi connectivity index (χ4n) is 2.24. The summed E-state index contributed by atoms with van der Waals surface area (Å²) in [5.74, 6) is 2.40. The van der Waals surface area contributed by atoms with Gasteiger partial charge in [0.2, 0.25) is 5.91 Å². The van der Waals surface area contributed by atoms with Crippen molar-refractivity contribution in [1.29, 1.82) is 0 Å². The Morgan fingerprint density at radius 1 is 1.75 bits per heavy atom. The van der Waals surface area contributed by atoms with Crippen molar-refractivity contribution in [3.63, 3.8) is 0 Å². The summed E-state index contributed by atoms with van der Waals surface area (Å²) in [6.07, 6.45) is 7.01. The molecule has 0 aromatic carbocycles. The second kappa shape index (κ2) is 5.88. The van der Waals surface area contributed by atoms with E-state index in [0.29, 0.717) is 12.6 Å². The summed E-state index contributed by atoms with van der Waals surface area (Å²) in [4.78, 5) is 13.9. The van der Waals surface area contributed by atoms with Crippen LogP contribution in [0.5, 0.6) is 0 Å². The van der Waals surface area contributed by atoms with E-state index < -0.39 is 0 Å². The Kier molecular flexibility index (Phi) is 4.78. The van der Waals surface area contributed by atoms with Gasteiger partial charge in [0.1, 0.15) is 0 Å². The largest absolute Gasteiger partial charge is 0.344 e. The maximum absolute atomic E-state index is 11.7. The van der Waals surface area contributed by atoms with E-state index in [9.17, 15) is 4.79 Å². The van der Waals surface area contributed by atoms with Crippen molar-refractivity contribution >= 4 is 5.91 Å². The molecule has 0 aliphatic carbocycles. The Bertz CT molecular complexity index is 284. The number of nitrogens with zero attached hydrogens (tertiary/aromatic N) is 1. The number of likely N-dealkylation sites (tertiary alicyclic amines) is 1. The molecule has 90 valence electrons. The van der Waals surface area contributed by atoms with Crippen LogP contribution in [-0.4, -0.2) is 42.0 Å². The van der Waals surface area contributed by atoms with Gasteiger partial charge in [-0.3, -0.25) is 9.69 Å². The molecule has 4 heteroatoms. The molecule has 3 unspecified atom stereocenters. The molecule has 0 spiro atoms. The summed E-state index contributed by atoms with van der Waals surface area (Å²) in [6, 6.07) is 0.499. The third-order valence-corrected chi connectivity index (χ3v) is 3.21. The van der Waals surface area contributed by atoms with E-state index in [2.05, 4.69) is 23.1 Å². The predicted octanol–water partition coefficient (Wildman–Crippen LogP) is -0.0641. The molecule has 1 aliphatic heterocycles. The van der Waals surface area contributed by atoms with E-state index >= 15 is 0 Å². The Morgan fingerprint density at radius 3 is 3.00 bits per heavy atom. The molecule has 4 nitrogen and oxygen atoms in total. The maximum Gasteiger partial charge on any atom is 0.237 e. The van der Waals surface area contributed by atoms with Crippen molar-refractivity contribution in [2.45, 2.75) is 44.8 Å². The van der Waals surface area contributed by atoms with Crippen LogP contribution in [0.15, 0.2) is 0 Å². The van der Waals surface area contributed by atoms with E-state index in [1.807, 2.05) is 6.92 Å². The fraction of sp³-hybridized carbons (Fsp3) is 0.750. The van der Waals surface area contributed by atoms with Crippen LogP contribution < -0.4 is 11.1 Å². The number of nitrogens with two attached hydrogens (primary N) is 1. The summed E-state index contributed by atoms with van der Waals surface area (Å²) < 4.78 is 0. The second-order valence-corrected chi connectivity index (χ2v) is 4.47. The molecule has 0 aromatic heterocycles. The normalized spacial score (nSPS) is 28.1. The molecule has 1 aliphatic rings. The summed E-state index contributed by atoms with van der Waals surface area (Å²) in [5.41, 5.74) is 5.89. The monoisotopic (exact) mass is 223 g/mol. The van der Waals surface area contributed by atoms with E-state index in [1.54, 1.807) is 0 Å². The molecule has 16 heavy (non-hydrogen) atoms. The summed E-state index contributed by atoms with van der Waals surface area (Å²) in [6.45, 7) is 5.21. The highest BCUT2D eigenvalue weighted by molar-refractivity contribution is 5.81. The van der Waals surface area contributed by atoms with Crippen LogP contribution in [0.3, 0.4) is 0 Å². The minimum absolute atomic E-state index is 0.000251. The fourth-order valence-corrected chi connectivity index (χ4v) is 2.24. The van der Waals surface area contributed by atoms with Crippen LogP contribution in [-0.2, 0) is 4.79 Å². The smallest absolute Gasteiger partial charge is 0.237 e. The lowest BCUT2D eigenvalue weighted by Gasteiger charge is -2.39. The van der Waals surface area contributed by atoms with Crippen LogP contribution in [0.1, 0.15) is 26.7 Å². The zero-order valence-corrected chi connectivity index (χ0v) is 10.1. The zero-order valence-electron chi connectivity index (χ0n) is 10.1. The molecule has 0 bridgehead atoms. The number of hydrogen-bond donors (Lipinski definition) is 2. The summed E-state index contributed by atoms with van der Waals surface area (Å²) >= 11 is 0. The Hall–Kier alpha value is -1.05. The van der Waals surface area contributed by atoms with Crippen molar-refractivity contribution in [3.05, 3.63) is 0 Å². The third-order valence-electron chi connectivity index (χ3n) is 3.21. The van der Waals surface area contributed by atoms with E-state index in [0.717, 1.165) is 19.4 Å². The van der Waals surface area contributed by atoms with Gasteiger partial charge < -0.3 is 11.1 Å². The minimum atomic E-state index is -0.129. The first-order chi connectivity index (χ1) is 7.56. The van der Waals surface area contributed by atoms with Crippen molar-refractivity contribution in [1.82, 2.24) is 10.2 Å². The van der Waals surface area contributed by atoms with Crippen LogP contribution in [0.4, 0.5) is 0 Å². The van der Waals surface area contributed by atoms with E-state index in [4.69, 9.17) is 12.2 Å². The van der Waals surface area contributed by atoms with Crippen molar-refractivity contribution in [2.24, 2.45) is 5.73 Å². The van der Waals surface area contributed by atoms with Crippen molar-refractivity contribution in [2.75, 3.05) is 13.1 Å². The zero-order chi connectivity index (χ0) is 12.1. The first-order valence-corrected chi connectivity index (χ1v) is 5.78. The molecule has 1 fully saturated rings. The Morgan fingerprint density at radius 2 is 2.44 bits per heavy atom.